The second-order valence-corrected chi connectivity index (χ2v) is 10.3. The first-order valence-electron chi connectivity index (χ1n) is 13.1. The smallest absolute Gasteiger partial charge is 0.434 e. The van der Waals surface area contributed by atoms with Gasteiger partial charge in [-0.1, -0.05) is 24.3 Å². The van der Waals surface area contributed by atoms with Crippen molar-refractivity contribution in [2.45, 2.75) is 56.8 Å². The van der Waals surface area contributed by atoms with Gasteiger partial charge in [0.15, 0.2) is 11.5 Å². The average molecular weight is 552 g/mol. The number of nitrogens with one attached hydrogen (secondary N) is 1. The molecule has 6 rings (SSSR count). The Morgan fingerprint density at radius 3 is 2.45 bits per heavy atom. The monoisotopic (exact) mass is 551 g/mol. The minimum atomic E-state index is -4.51. The number of aliphatic hydroxyl groups excluding tert-OH is 1. The van der Waals surface area contributed by atoms with Gasteiger partial charge in [0.1, 0.15) is 23.5 Å². The zero-order valence-corrected chi connectivity index (χ0v) is 22.2. The summed E-state index contributed by atoms with van der Waals surface area (Å²) in [6.07, 6.45) is 0.480. The molecule has 2 unspecified atom stereocenters. The molecule has 4 aromatic rings. The standard InChI is InChI=1S/C28H28F3N7O2/c1-14(15-4-8-17(9-5-15)26-35-20(12-38(26)2)28(29,30)31)34-24-18-10-11-19(39)23(18)36-25(37-24)21-22(16-6-7-16)32-13-33-27(21)40-3/h4-5,8-9,12-14,16,19,39H,6-7,10-11H2,1-3H3,(H,34,36,37). The number of aliphatic hydroxyl groups is 1. The Morgan fingerprint density at radius 2 is 1.80 bits per heavy atom. The van der Waals surface area contributed by atoms with Crippen LogP contribution in [0.1, 0.15) is 72.5 Å². The molecule has 3 heterocycles. The summed E-state index contributed by atoms with van der Waals surface area (Å²) >= 11 is 0. The minimum Gasteiger partial charge on any atom is -0.480 e. The third-order valence-corrected chi connectivity index (χ3v) is 7.43. The molecule has 0 bridgehead atoms. The summed E-state index contributed by atoms with van der Waals surface area (Å²) in [5.41, 5.74) is 3.48. The van der Waals surface area contributed by atoms with E-state index in [1.54, 1.807) is 26.3 Å². The summed E-state index contributed by atoms with van der Waals surface area (Å²) in [7, 11) is 3.09. The number of ether oxygens (including phenoxy) is 1. The first-order chi connectivity index (χ1) is 19.1. The van der Waals surface area contributed by atoms with Gasteiger partial charge in [0.2, 0.25) is 5.88 Å². The predicted molar refractivity (Wildman–Crippen MR) is 141 cm³/mol. The van der Waals surface area contributed by atoms with E-state index < -0.39 is 18.0 Å². The second kappa shape index (κ2) is 9.84. The number of hydrogen-bond acceptors (Lipinski definition) is 8. The second-order valence-electron chi connectivity index (χ2n) is 10.3. The fourth-order valence-corrected chi connectivity index (χ4v) is 5.17. The minimum absolute atomic E-state index is 0.206. The number of alkyl halides is 3. The predicted octanol–water partition coefficient (Wildman–Crippen LogP) is 5.39. The number of halogens is 3. The summed E-state index contributed by atoms with van der Waals surface area (Å²) in [5, 5.41) is 14.2. The van der Waals surface area contributed by atoms with Crippen molar-refractivity contribution in [3.8, 4) is 28.7 Å². The first-order valence-corrected chi connectivity index (χ1v) is 13.1. The Morgan fingerprint density at radius 1 is 1.05 bits per heavy atom. The summed E-state index contributed by atoms with van der Waals surface area (Å²) in [5.74, 6) is 1.94. The molecular weight excluding hydrogens is 523 g/mol. The number of fused-ring (bicyclic) bond motifs is 1. The molecule has 2 aliphatic rings. The highest BCUT2D eigenvalue weighted by Crippen LogP contribution is 2.46. The quantitative estimate of drug-likeness (QED) is 0.315. The Balaban J connectivity index is 1.32. The van der Waals surface area contributed by atoms with Crippen LogP contribution in [0.25, 0.3) is 22.8 Å². The topological polar surface area (TPSA) is 111 Å². The molecule has 40 heavy (non-hydrogen) atoms. The van der Waals surface area contributed by atoms with Gasteiger partial charge in [-0.15, -0.1) is 0 Å². The lowest BCUT2D eigenvalue weighted by atomic mass is 10.0. The summed E-state index contributed by atoms with van der Waals surface area (Å²) in [4.78, 5) is 22.2. The molecule has 1 aromatic carbocycles. The number of anilines is 1. The van der Waals surface area contributed by atoms with Crippen molar-refractivity contribution < 1.29 is 23.0 Å². The summed E-state index contributed by atoms with van der Waals surface area (Å²) in [6.45, 7) is 1.97. The molecule has 0 saturated heterocycles. The molecular formula is C28H28F3N7O2. The molecule has 3 aromatic heterocycles. The highest BCUT2D eigenvalue weighted by atomic mass is 19.4. The van der Waals surface area contributed by atoms with E-state index in [1.807, 2.05) is 19.1 Å². The summed E-state index contributed by atoms with van der Waals surface area (Å²) < 4.78 is 46.3. The van der Waals surface area contributed by atoms with Gasteiger partial charge in [0.25, 0.3) is 0 Å². The van der Waals surface area contributed by atoms with E-state index in [2.05, 4.69) is 20.3 Å². The fraction of sp³-hybridized carbons (Fsp3) is 0.393. The van der Waals surface area contributed by atoms with Crippen molar-refractivity contribution in [3.63, 3.8) is 0 Å². The van der Waals surface area contributed by atoms with E-state index in [4.69, 9.17) is 14.7 Å². The van der Waals surface area contributed by atoms with Crippen LogP contribution < -0.4 is 10.1 Å². The van der Waals surface area contributed by atoms with Crippen LogP contribution in [0, 0.1) is 0 Å². The normalized spacial score (nSPS) is 17.5. The van der Waals surface area contributed by atoms with Crippen molar-refractivity contribution in [2.24, 2.45) is 7.05 Å². The third-order valence-electron chi connectivity index (χ3n) is 7.43. The van der Waals surface area contributed by atoms with Gasteiger partial charge in [-0.25, -0.2) is 24.9 Å². The molecule has 1 fully saturated rings. The lowest BCUT2D eigenvalue weighted by Gasteiger charge is -2.19. The Hall–Kier alpha value is -4.06. The largest absolute Gasteiger partial charge is 0.480 e. The number of aryl methyl sites for hydroxylation is 1. The number of aromatic nitrogens is 6. The maximum atomic E-state index is 13.1. The number of rotatable bonds is 7. The number of methoxy groups -OCH3 is 1. The van der Waals surface area contributed by atoms with Crippen molar-refractivity contribution in [3.05, 3.63) is 65.0 Å². The van der Waals surface area contributed by atoms with Crippen LogP contribution in [0.5, 0.6) is 5.88 Å². The molecule has 2 N–H and O–H groups in total. The zero-order chi connectivity index (χ0) is 28.2. The van der Waals surface area contributed by atoms with Crippen LogP contribution in [0.3, 0.4) is 0 Å². The Bertz CT molecular complexity index is 1570. The lowest BCUT2D eigenvalue weighted by molar-refractivity contribution is -0.140. The van der Waals surface area contributed by atoms with Gasteiger partial charge in [0, 0.05) is 36.3 Å². The number of hydrogen-bond donors (Lipinski definition) is 2. The van der Waals surface area contributed by atoms with Crippen molar-refractivity contribution >= 4 is 5.82 Å². The van der Waals surface area contributed by atoms with Crippen LogP contribution in [-0.4, -0.2) is 41.7 Å². The molecule has 2 aliphatic carbocycles. The average Bonchev–Trinajstić information content (AvgIpc) is 3.61. The molecule has 0 spiro atoms. The van der Waals surface area contributed by atoms with Gasteiger partial charge < -0.3 is 19.7 Å². The summed E-state index contributed by atoms with van der Waals surface area (Å²) in [6, 6.07) is 7.01. The van der Waals surface area contributed by atoms with E-state index in [1.165, 1.54) is 10.9 Å². The number of imidazole rings is 1. The van der Waals surface area contributed by atoms with E-state index in [0.29, 0.717) is 53.1 Å². The highest BCUT2D eigenvalue weighted by Gasteiger charge is 2.35. The zero-order valence-electron chi connectivity index (χ0n) is 22.2. The van der Waals surface area contributed by atoms with Crippen LogP contribution in [0.2, 0.25) is 0 Å². The van der Waals surface area contributed by atoms with E-state index in [-0.39, 0.29) is 11.9 Å². The van der Waals surface area contributed by atoms with E-state index in [9.17, 15) is 18.3 Å². The molecule has 0 amide bonds. The molecule has 2 atom stereocenters. The molecule has 12 heteroatoms. The third kappa shape index (κ3) is 4.76. The fourth-order valence-electron chi connectivity index (χ4n) is 5.17. The van der Waals surface area contributed by atoms with Crippen LogP contribution >= 0.6 is 0 Å². The van der Waals surface area contributed by atoms with Crippen LogP contribution in [-0.2, 0) is 19.6 Å². The van der Waals surface area contributed by atoms with Crippen LogP contribution in [0.4, 0.5) is 19.0 Å². The molecule has 0 radical (unpaired) electrons. The Labute approximate surface area is 228 Å². The van der Waals surface area contributed by atoms with Crippen molar-refractivity contribution in [1.29, 1.82) is 0 Å². The SMILES string of the molecule is COc1ncnc(C2CC2)c1-c1nc(NC(C)c2ccc(-c3nc(C(F)(F)F)cn3C)cc2)c2c(n1)C(O)CC2. The van der Waals surface area contributed by atoms with Gasteiger partial charge >= 0.3 is 6.18 Å². The van der Waals surface area contributed by atoms with Crippen LogP contribution in [0.15, 0.2) is 36.8 Å². The van der Waals surface area contributed by atoms with Gasteiger partial charge in [-0.2, -0.15) is 13.2 Å². The van der Waals surface area contributed by atoms with Gasteiger partial charge in [-0.3, -0.25) is 0 Å². The van der Waals surface area contributed by atoms with Gasteiger partial charge in [-0.05, 0) is 38.2 Å². The highest BCUT2D eigenvalue weighted by molar-refractivity contribution is 5.69. The molecule has 208 valence electrons. The van der Waals surface area contributed by atoms with Crippen molar-refractivity contribution in [1.82, 2.24) is 29.5 Å². The maximum absolute atomic E-state index is 13.1. The molecule has 1 saturated carbocycles. The molecule has 9 nitrogen and oxygen atoms in total. The molecule has 0 aliphatic heterocycles. The first kappa shape index (κ1) is 26.2. The Kier molecular flexibility index (Phi) is 6.44. The maximum Gasteiger partial charge on any atom is 0.434 e. The van der Waals surface area contributed by atoms with Crippen molar-refractivity contribution in [2.75, 3.05) is 12.4 Å². The van der Waals surface area contributed by atoms with E-state index in [0.717, 1.165) is 35.9 Å². The lowest BCUT2D eigenvalue weighted by Crippen LogP contribution is -2.13. The number of nitrogens with zero attached hydrogens (tertiary/aromatic N) is 6. The van der Waals surface area contributed by atoms with Gasteiger partial charge in [0.05, 0.1) is 24.6 Å². The van der Waals surface area contributed by atoms with E-state index >= 15 is 0 Å². The number of benzene rings is 1.